The minimum atomic E-state index is -0.314. The highest BCUT2D eigenvalue weighted by atomic mass is 19.1. The van der Waals surface area contributed by atoms with E-state index in [-0.39, 0.29) is 24.4 Å². The highest BCUT2D eigenvalue weighted by Gasteiger charge is 2.18. The minimum Gasteiger partial charge on any atom is -0.471 e. The van der Waals surface area contributed by atoms with E-state index < -0.39 is 0 Å². The topological polar surface area (TPSA) is 91.2 Å². The van der Waals surface area contributed by atoms with Crippen molar-refractivity contribution in [3.63, 3.8) is 0 Å². The summed E-state index contributed by atoms with van der Waals surface area (Å²) in [4.78, 5) is 16.6. The molecule has 0 spiro atoms. The zero-order valence-electron chi connectivity index (χ0n) is 16.5. The molecule has 0 unspecified atom stereocenters. The molecule has 1 N–H and O–H groups in total. The zero-order chi connectivity index (χ0) is 20.9. The van der Waals surface area contributed by atoms with Crippen LogP contribution in [0.2, 0.25) is 0 Å². The molecule has 0 saturated carbocycles. The standard InChI is InChI=1S/C21H22FN5O3/c1-27-18(20(25-26-27)14-2-5-16(22)6-3-14)13-30-19-7-4-15(12-23-19)21(28)24-17-8-10-29-11-9-17/h2-7,12,17H,8-11,13H2,1H3,(H,24,28). The van der Waals surface area contributed by atoms with Gasteiger partial charge in [-0.1, -0.05) is 5.21 Å². The van der Waals surface area contributed by atoms with Gasteiger partial charge in [-0.2, -0.15) is 0 Å². The molecule has 9 heteroatoms. The summed E-state index contributed by atoms with van der Waals surface area (Å²) < 4.78 is 25.9. The number of hydrogen-bond donors (Lipinski definition) is 1. The van der Waals surface area contributed by atoms with Crippen LogP contribution in [0.15, 0.2) is 42.6 Å². The number of ether oxygens (including phenoxy) is 2. The van der Waals surface area contributed by atoms with Gasteiger partial charge in [-0.15, -0.1) is 5.10 Å². The third kappa shape index (κ3) is 4.62. The molecule has 1 fully saturated rings. The average molecular weight is 411 g/mol. The first-order valence-electron chi connectivity index (χ1n) is 9.72. The number of benzene rings is 1. The van der Waals surface area contributed by atoms with Crippen LogP contribution in [0.1, 0.15) is 28.9 Å². The van der Waals surface area contributed by atoms with Gasteiger partial charge in [0, 0.05) is 44.1 Å². The molecular formula is C21H22FN5O3. The summed E-state index contributed by atoms with van der Waals surface area (Å²) in [5.74, 6) is -0.0927. The molecule has 0 aliphatic carbocycles. The van der Waals surface area contributed by atoms with Crippen molar-refractivity contribution in [3.05, 3.63) is 59.7 Å². The second-order valence-electron chi connectivity index (χ2n) is 7.05. The van der Waals surface area contributed by atoms with Crippen LogP contribution in [0, 0.1) is 5.82 Å². The molecule has 4 rings (SSSR count). The number of carbonyl (C=O) groups is 1. The number of aryl methyl sites for hydroxylation is 1. The van der Waals surface area contributed by atoms with E-state index in [1.165, 1.54) is 18.3 Å². The van der Waals surface area contributed by atoms with Gasteiger partial charge in [-0.25, -0.2) is 14.1 Å². The third-order valence-corrected chi connectivity index (χ3v) is 4.97. The molecule has 0 bridgehead atoms. The van der Waals surface area contributed by atoms with Crippen LogP contribution >= 0.6 is 0 Å². The molecule has 1 aliphatic heterocycles. The van der Waals surface area contributed by atoms with Gasteiger partial charge in [0.25, 0.3) is 5.91 Å². The lowest BCUT2D eigenvalue weighted by Crippen LogP contribution is -2.38. The van der Waals surface area contributed by atoms with Crippen molar-refractivity contribution in [2.24, 2.45) is 7.05 Å². The van der Waals surface area contributed by atoms with Crippen LogP contribution in [0.5, 0.6) is 5.88 Å². The molecule has 30 heavy (non-hydrogen) atoms. The second-order valence-corrected chi connectivity index (χ2v) is 7.05. The van der Waals surface area contributed by atoms with Gasteiger partial charge in [0.05, 0.1) is 5.56 Å². The predicted molar refractivity (Wildman–Crippen MR) is 106 cm³/mol. The highest BCUT2D eigenvalue weighted by molar-refractivity contribution is 5.94. The summed E-state index contributed by atoms with van der Waals surface area (Å²) in [7, 11) is 1.76. The molecular weight excluding hydrogens is 389 g/mol. The number of halogens is 1. The number of hydrogen-bond acceptors (Lipinski definition) is 6. The maximum absolute atomic E-state index is 13.2. The molecule has 3 heterocycles. The lowest BCUT2D eigenvalue weighted by atomic mass is 10.1. The first kappa shape index (κ1) is 20.0. The van der Waals surface area contributed by atoms with E-state index in [0.717, 1.165) is 24.1 Å². The lowest BCUT2D eigenvalue weighted by molar-refractivity contribution is 0.0696. The predicted octanol–water partition coefficient (Wildman–Crippen LogP) is 2.50. The van der Waals surface area contributed by atoms with Gasteiger partial charge in [0.2, 0.25) is 5.88 Å². The van der Waals surface area contributed by atoms with Crippen molar-refractivity contribution in [2.45, 2.75) is 25.5 Å². The van der Waals surface area contributed by atoms with Crippen LogP contribution in [0.25, 0.3) is 11.3 Å². The van der Waals surface area contributed by atoms with Crippen molar-refractivity contribution < 1.29 is 18.7 Å². The number of carbonyl (C=O) groups excluding carboxylic acids is 1. The second kappa shape index (κ2) is 9.00. The Morgan fingerprint density at radius 3 is 2.70 bits per heavy atom. The van der Waals surface area contributed by atoms with E-state index in [2.05, 4.69) is 20.6 Å². The van der Waals surface area contributed by atoms with E-state index in [1.807, 2.05) is 0 Å². The Labute approximate surface area is 173 Å². The van der Waals surface area contributed by atoms with Gasteiger partial charge in [-0.05, 0) is 43.2 Å². The Bertz CT molecular complexity index is 998. The SMILES string of the molecule is Cn1nnc(-c2ccc(F)cc2)c1COc1ccc(C(=O)NC2CCOCC2)cn1. The number of amides is 1. The van der Waals surface area contributed by atoms with Gasteiger partial charge in [0.15, 0.2) is 0 Å². The highest BCUT2D eigenvalue weighted by Crippen LogP contribution is 2.22. The summed E-state index contributed by atoms with van der Waals surface area (Å²) in [5, 5.41) is 11.2. The van der Waals surface area contributed by atoms with E-state index in [0.29, 0.717) is 30.4 Å². The van der Waals surface area contributed by atoms with Crippen LogP contribution in [-0.4, -0.2) is 45.1 Å². The molecule has 1 amide bonds. The van der Waals surface area contributed by atoms with E-state index in [4.69, 9.17) is 9.47 Å². The molecule has 0 atom stereocenters. The number of pyridine rings is 1. The van der Waals surface area contributed by atoms with Crippen molar-refractivity contribution in [3.8, 4) is 17.1 Å². The normalized spacial score (nSPS) is 14.5. The molecule has 1 aliphatic rings. The molecule has 0 radical (unpaired) electrons. The molecule has 3 aromatic rings. The monoisotopic (exact) mass is 411 g/mol. The lowest BCUT2D eigenvalue weighted by Gasteiger charge is -2.23. The van der Waals surface area contributed by atoms with Crippen molar-refractivity contribution in [1.29, 1.82) is 0 Å². The molecule has 8 nitrogen and oxygen atoms in total. The Morgan fingerprint density at radius 1 is 1.23 bits per heavy atom. The maximum Gasteiger partial charge on any atom is 0.253 e. The zero-order valence-corrected chi connectivity index (χ0v) is 16.5. The Balaban J connectivity index is 1.39. The number of nitrogens with zero attached hydrogens (tertiary/aromatic N) is 4. The molecule has 2 aromatic heterocycles. The maximum atomic E-state index is 13.2. The summed E-state index contributed by atoms with van der Waals surface area (Å²) in [6, 6.07) is 9.50. The molecule has 1 aromatic carbocycles. The minimum absolute atomic E-state index is 0.129. The van der Waals surface area contributed by atoms with E-state index in [1.54, 1.807) is 36.0 Å². The number of nitrogens with one attached hydrogen (secondary N) is 1. The Hall–Kier alpha value is -3.33. The first-order valence-corrected chi connectivity index (χ1v) is 9.72. The average Bonchev–Trinajstić information content (AvgIpc) is 3.14. The quantitative estimate of drug-likeness (QED) is 0.670. The van der Waals surface area contributed by atoms with Crippen LogP contribution < -0.4 is 10.1 Å². The van der Waals surface area contributed by atoms with Gasteiger partial charge < -0.3 is 14.8 Å². The largest absolute Gasteiger partial charge is 0.471 e. The fourth-order valence-electron chi connectivity index (χ4n) is 3.22. The molecule has 1 saturated heterocycles. The summed E-state index contributed by atoms with van der Waals surface area (Å²) in [5.41, 5.74) is 2.56. The van der Waals surface area contributed by atoms with Crippen molar-refractivity contribution in [2.75, 3.05) is 13.2 Å². The Morgan fingerprint density at radius 2 is 2.00 bits per heavy atom. The number of aromatic nitrogens is 4. The van der Waals surface area contributed by atoms with E-state index in [9.17, 15) is 9.18 Å². The van der Waals surface area contributed by atoms with Crippen molar-refractivity contribution in [1.82, 2.24) is 25.3 Å². The van der Waals surface area contributed by atoms with E-state index >= 15 is 0 Å². The van der Waals surface area contributed by atoms with Crippen molar-refractivity contribution >= 4 is 5.91 Å². The third-order valence-electron chi connectivity index (χ3n) is 4.97. The molecule has 156 valence electrons. The summed E-state index contributed by atoms with van der Waals surface area (Å²) in [6.45, 7) is 1.51. The fourth-order valence-corrected chi connectivity index (χ4v) is 3.22. The summed E-state index contributed by atoms with van der Waals surface area (Å²) in [6.07, 6.45) is 3.12. The van der Waals surface area contributed by atoms with Crippen LogP contribution in [0.3, 0.4) is 0 Å². The number of rotatable bonds is 6. The summed E-state index contributed by atoms with van der Waals surface area (Å²) >= 11 is 0. The van der Waals surface area contributed by atoms with Gasteiger partial charge in [-0.3, -0.25) is 4.79 Å². The fraction of sp³-hybridized carbons (Fsp3) is 0.333. The van der Waals surface area contributed by atoms with Gasteiger partial charge in [0.1, 0.15) is 23.8 Å². The van der Waals surface area contributed by atoms with Crippen LogP contribution in [-0.2, 0) is 18.4 Å². The smallest absolute Gasteiger partial charge is 0.253 e. The Kier molecular flexibility index (Phi) is 5.99. The van der Waals surface area contributed by atoms with Gasteiger partial charge >= 0.3 is 0 Å². The van der Waals surface area contributed by atoms with Crippen LogP contribution in [0.4, 0.5) is 4.39 Å². The first-order chi connectivity index (χ1) is 14.6.